The summed E-state index contributed by atoms with van der Waals surface area (Å²) in [5, 5.41) is 4.89. The minimum Gasteiger partial charge on any atom is -0.406 e. The van der Waals surface area contributed by atoms with Gasteiger partial charge in [0.15, 0.2) is 5.82 Å². The summed E-state index contributed by atoms with van der Waals surface area (Å²) in [6.45, 7) is 0. The molecule has 118 valence electrons. The number of nitrogens with zero attached hydrogens (tertiary/aromatic N) is 3. The highest BCUT2D eigenvalue weighted by Crippen LogP contribution is 2.24. The Kier molecular flexibility index (Phi) is 3.96. The Hall–Kier alpha value is -2.54. The van der Waals surface area contributed by atoms with E-state index in [-0.39, 0.29) is 5.75 Å². The van der Waals surface area contributed by atoms with E-state index in [0.29, 0.717) is 16.5 Å². The standard InChI is InChI=1S/C15H9ClF3N3O/c16-11-3-1-10(2-4-11)14-20-9-22(21-14)12-5-7-13(8-6-12)23-15(17,18)19/h1-9H. The van der Waals surface area contributed by atoms with Crippen molar-refractivity contribution in [3.63, 3.8) is 0 Å². The lowest BCUT2D eigenvalue weighted by Crippen LogP contribution is -2.17. The van der Waals surface area contributed by atoms with Gasteiger partial charge in [0.1, 0.15) is 12.1 Å². The van der Waals surface area contributed by atoms with Crippen LogP contribution in [-0.4, -0.2) is 21.1 Å². The normalized spacial score (nSPS) is 11.5. The van der Waals surface area contributed by atoms with Crippen LogP contribution in [0.25, 0.3) is 17.1 Å². The molecule has 0 saturated carbocycles. The van der Waals surface area contributed by atoms with Gasteiger partial charge in [0.25, 0.3) is 0 Å². The van der Waals surface area contributed by atoms with E-state index in [1.807, 2.05) is 0 Å². The first-order valence-electron chi connectivity index (χ1n) is 6.44. The Morgan fingerprint density at radius 1 is 0.957 bits per heavy atom. The molecule has 2 aromatic carbocycles. The molecule has 0 atom stereocenters. The zero-order valence-corrected chi connectivity index (χ0v) is 12.2. The van der Waals surface area contributed by atoms with Crippen LogP contribution in [0.5, 0.6) is 5.75 Å². The summed E-state index contributed by atoms with van der Waals surface area (Å²) in [4.78, 5) is 4.17. The molecule has 0 aliphatic rings. The molecule has 0 unspecified atom stereocenters. The van der Waals surface area contributed by atoms with Crippen LogP contribution in [0.4, 0.5) is 13.2 Å². The molecule has 1 heterocycles. The van der Waals surface area contributed by atoms with E-state index in [2.05, 4.69) is 14.8 Å². The Morgan fingerprint density at radius 2 is 1.61 bits per heavy atom. The summed E-state index contributed by atoms with van der Waals surface area (Å²) in [6, 6.07) is 12.4. The summed E-state index contributed by atoms with van der Waals surface area (Å²) in [6.07, 6.45) is -3.24. The van der Waals surface area contributed by atoms with E-state index < -0.39 is 6.36 Å². The maximum atomic E-state index is 12.1. The van der Waals surface area contributed by atoms with Crippen molar-refractivity contribution in [1.82, 2.24) is 14.8 Å². The predicted octanol–water partition coefficient (Wildman–Crippen LogP) is 4.49. The molecule has 23 heavy (non-hydrogen) atoms. The molecular weight excluding hydrogens is 331 g/mol. The fourth-order valence-corrected chi connectivity index (χ4v) is 2.05. The number of rotatable bonds is 3. The van der Waals surface area contributed by atoms with E-state index in [4.69, 9.17) is 11.6 Å². The van der Waals surface area contributed by atoms with E-state index in [1.54, 1.807) is 24.3 Å². The van der Waals surface area contributed by atoms with Gasteiger partial charge in [0.05, 0.1) is 5.69 Å². The monoisotopic (exact) mass is 339 g/mol. The second kappa shape index (κ2) is 5.92. The van der Waals surface area contributed by atoms with Gasteiger partial charge >= 0.3 is 6.36 Å². The fraction of sp³-hybridized carbons (Fsp3) is 0.0667. The van der Waals surface area contributed by atoms with Gasteiger partial charge in [0.2, 0.25) is 0 Å². The van der Waals surface area contributed by atoms with Crippen LogP contribution in [0.3, 0.4) is 0 Å². The molecule has 0 N–H and O–H groups in total. The summed E-state index contributed by atoms with van der Waals surface area (Å²) in [5.41, 5.74) is 1.34. The van der Waals surface area contributed by atoms with Gasteiger partial charge in [-0.1, -0.05) is 11.6 Å². The highest BCUT2D eigenvalue weighted by atomic mass is 35.5. The highest BCUT2D eigenvalue weighted by Gasteiger charge is 2.30. The largest absolute Gasteiger partial charge is 0.573 e. The van der Waals surface area contributed by atoms with Crippen LogP contribution in [0, 0.1) is 0 Å². The maximum absolute atomic E-state index is 12.1. The summed E-state index contributed by atoms with van der Waals surface area (Å²) < 4.78 is 41.7. The molecule has 0 saturated heterocycles. The van der Waals surface area contributed by atoms with Gasteiger partial charge in [-0.25, -0.2) is 9.67 Å². The first kappa shape index (κ1) is 15.4. The first-order chi connectivity index (χ1) is 10.9. The van der Waals surface area contributed by atoms with Gasteiger partial charge in [-0.3, -0.25) is 0 Å². The number of alkyl halides is 3. The average molecular weight is 340 g/mol. The second-order valence-electron chi connectivity index (χ2n) is 4.56. The Balaban J connectivity index is 1.81. The molecule has 4 nitrogen and oxygen atoms in total. The number of aromatic nitrogens is 3. The smallest absolute Gasteiger partial charge is 0.406 e. The van der Waals surface area contributed by atoms with Crippen molar-refractivity contribution in [2.45, 2.75) is 6.36 Å². The van der Waals surface area contributed by atoms with Crippen LogP contribution >= 0.6 is 11.6 Å². The molecule has 0 fully saturated rings. The lowest BCUT2D eigenvalue weighted by Gasteiger charge is -2.09. The molecular formula is C15H9ClF3N3O. The molecule has 1 aromatic heterocycles. The molecule has 0 radical (unpaired) electrons. The van der Waals surface area contributed by atoms with Crippen molar-refractivity contribution < 1.29 is 17.9 Å². The quantitative estimate of drug-likeness (QED) is 0.706. The van der Waals surface area contributed by atoms with E-state index in [9.17, 15) is 13.2 Å². The molecule has 0 spiro atoms. The lowest BCUT2D eigenvalue weighted by molar-refractivity contribution is -0.274. The summed E-state index contributed by atoms with van der Waals surface area (Å²) >= 11 is 5.82. The van der Waals surface area contributed by atoms with Crippen LogP contribution < -0.4 is 4.74 Å². The number of hydrogen-bond acceptors (Lipinski definition) is 3. The Bertz CT molecular complexity index is 798. The van der Waals surface area contributed by atoms with Gasteiger partial charge in [-0.15, -0.1) is 18.3 Å². The average Bonchev–Trinajstić information content (AvgIpc) is 2.97. The molecule has 0 bridgehead atoms. The molecule has 0 amide bonds. The van der Waals surface area contributed by atoms with Crippen molar-refractivity contribution in [1.29, 1.82) is 0 Å². The SMILES string of the molecule is FC(F)(F)Oc1ccc(-n2cnc(-c3ccc(Cl)cc3)n2)cc1. The van der Waals surface area contributed by atoms with Crippen LogP contribution in [0.2, 0.25) is 5.02 Å². The zero-order chi connectivity index (χ0) is 16.4. The van der Waals surface area contributed by atoms with Crippen LogP contribution in [-0.2, 0) is 0 Å². The van der Waals surface area contributed by atoms with E-state index >= 15 is 0 Å². The van der Waals surface area contributed by atoms with Crippen molar-refractivity contribution in [2.24, 2.45) is 0 Å². The number of hydrogen-bond donors (Lipinski definition) is 0. The van der Waals surface area contributed by atoms with Crippen molar-refractivity contribution >= 4 is 11.6 Å². The Labute approximate surface area is 134 Å². The predicted molar refractivity (Wildman–Crippen MR) is 78.5 cm³/mol. The molecule has 8 heteroatoms. The number of benzene rings is 2. The highest BCUT2D eigenvalue weighted by molar-refractivity contribution is 6.30. The maximum Gasteiger partial charge on any atom is 0.573 e. The molecule has 3 aromatic rings. The minimum atomic E-state index is -4.71. The third kappa shape index (κ3) is 3.81. The van der Waals surface area contributed by atoms with Crippen LogP contribution in [0.15, 0.2) is 54.9 Å². The zero-order valence-electron chi connectivity index (χ0n) is 11.5. The number of halogens is 4. The summed E-state index contributed by atoms with van der Waals surface area (Å²) in [5.74, 6) is 0.191. The van der Waals surface area contributed by atoms with Gasteiger partial charge in [-0.05, 0) is 48.5 Å². The van der Waals surface area contributed by atoms with Crippen LogP contribution in [0.1, 0.15) is 0 Å². The summed E-state index contributed by atoms with van der Waals surface area (Å²) in [7, 11) is 0. The van der Waals surface area contributed by atoms with Crippen molar-refractivity contribution in [2.75, 3.05) is 0 Å². The second-order valence-corrected chi connectivity index (χ2v) is 5.00. The lowest BCUT2D eigenvalue weighted by atomic mass is 10.2. The first-order valence-corrected chi connectivity index (χ1v) is 6.82. The minimum absolute atomic E-state index is 0.292. The van der Waals surface area contributed by atoms with E-state index in [0.717, 1.165) is 5.56 Å². The van der Waals surface area contributed by atoms with Gasteiger partial charge in [-0.2, -0.15) is 0 Å². The van der Waals surface area contributed by atoms with Crippen molar-refractivity contribution in [3.05, 3.63) is 59.9 Å². The number of ether oxygens (including phenoxy) is 1. The fourth-order valence-electron chi connectivity index (χ4n) is 1.92. The molecule has 3 rings (SSSR count). The van der Waals surface area contributed by atoms with Gasteiger partial charge in [0, 0.05) is 10.6 Å². The van der Waals surface area contributed by atoms with E-state index in [1.165, 1.54) is 35.3 Å². The molecule has 0 aliphatic carbocycles. The Morgan fingerprint density at radius 3 is 2.22 bits per heavy atom. The van der Waals surface area contributed by atoms with Crippen molar-refractivity contribution in [3.8, 4) is 22.8 Å². The third-order valence-corrected chi connectivity index (χ3v) is 3.18. The topological polar surface area (TPSA) is 39.9 Å². The molecule has 0 aliphatic heterocycles. The third-order valence-electron chi connectivity index (χ3n) is 2.93. The van der Waals surface area contributed by atoms with Gasteiger partial charge < -0.3 is 4.74 Å².